The van der Waals surface area contributed by atoms with Gasteiger partial charge in [-0.15, -0.1) is 0 Å². The van der Waals surface area contributed by atoms with Crippen LogP contribution in [0.2, 0.25) is 0 Å². The second kappa shape index (κ2) is 7.48. The summed E-state index contributed by atoms with van der Waals surface area (Å²) in [5.74, 6) is 0.132. The lowest BCUT2D eigenvalue weighted by atomic mass is 9.87. The van der Waals surface area contributed by atoms with Crippen LogP contribution in [0.5, 0.6) is 0 Å². The zero-order valence-corrected chi connectivity index (χ0v) is 14.7. The SMILES string of the molecule is C=C(C)C1CC=C(C)CC[C@H](O)[C@@]2(C)CCC=C(CC1)C(=O)O2. The van der Waals surface area contributed by atoms with Gasteiger partial charge < -0.3 is 9.84 Å². The van der Waals surface area contributed by atoms with Crippen molar-refractivity contribution in [2.24, 2.45) is 5.92 Å². The summed E-state index contributed by atoms with van der Waals surface area (Å²) in [6.07, 6.45) is 9.14. The fourth-order valence-corrected chi connectivity index (χ4v) is 3.39. The second-order valence-electron chi connectivity index (χ2n) is 7.39. The Kier molecular flexibility index (Phi) is 5.85. The third-order valence-corrected chi connectivity index (χ3v) is 5.35. The smallest absolute Gasteiger partial charge is 0.334 e. The zero-order chi connectivity index (χ0) is 17.0. The predicted molar refractivity (Wildman–Crippen MR) is 93.0 cm³/mol. The minimum Gasteiger partial charge on any atom is -0.453 e. The molecule has 1 unspecified atom stereocenters. The fraction of sp³-hybridized carbons (Fsp3) is 0.650. The lowest BCUT2D eigenvalue weighted by Crippen LogP contribution is -2.43. The van der Waals surface area contributed by atoms with Gasteiger partial charge in [-0.05, 0) is 71.6 Å². The minimum atomic E-state index is -0.780. The van der Waals surface area contributed by atoms with Gasteiger partial charge in [-0.1, -0.05) is 29.9 Å². The summed E-state index contributed by atoms with van der Waals surface area (Å²) in [6.45, 7) is 10.1. The highest BCUT2D eigenvalue weighted by Crippen LogP contribution is 2.33. The molecule has 0 aromatic carbocycles. The Hall–Kier alpha value is -1.35. The van der Waals surface area contributed by atoms with E-state index in [1.807, 2.05) is 13.0 Å². The van der Waals surface area contributed by atoms with Gasteiger partial charge in [0.1, 0.15) is 5.60 Å². The summed E-state index contributed by atoms with van der Waals surface area (Å²) >= 11 is 0. The predicted octanol–water partition coefficient (Wildman–Crippen LogP) is 4.47. The van der Waals surface area contributed by atoms with Crippen LogP contribution in [-0.2, 0) is 9.53 Å². The highest BCUT2D eigenvalue weighted by Gasteiger charge is 2.38. The number of carbonyl (C=O) groups excluding carboxylic acids is 1. The molecule has 0 amide bonds. The second-order valence-corrected chi connectivity index (χ2v) is 7.39. The molecule has 3 heteroatoms. The molecule has 0 radical (unpaired) electrons. The molecule has 1 N–H and O–H groups in total. The molecule has 2 bridgehead atoms. The van der Waals surface area contributed by atoms with Crippen molar-refractivity contribution in [2.75, 3.05) is 0 Å². The molecule has 0 aliphatic carbocycles. The molecule has 2 heterocycles. The monoisotopic (exact) mass is 318 g/mol. The summed E-state index contributed by atoms with van der Waals surface area (Å²) < 4.78 is 5.72. The van der Waals surface area contributed by atoms with Gasteiger partial charge in [-0.25, -0.2) is 4.79 Å². The first-order valence-corrected chi connectivity index (χ1v) is 8.73. The molecule has 3 atom stereocenters. The van der Waals surface area contributed by atoms with Crippen LogP contribution in [0.25, 0.3) is 0 Å². The van der Waals surface area contributed by atoms with Crippen LogP contribution in [-0.4, -0.2) is 22.8 Å². The summed E-state index contributed by atoms with van der Waals surface area (Å²) in [6, 6.07) is 0. The maximum absolute atomic E-state index is 12.5. The molecule has 2 aliphatic heterocycles. The maximum Gasteiger partial charge on any atom is 0.334 e. The molecule has 0 aromatic heterocycles. The van der Waals surface area contributed by atoms with Crippen molar-refractivity contribution < 1.29 is 14.6 Å². The van der Waals surface area contributed by atoms with Crippen molar-refractivity contribution in [2.45, 2.75) is 77.4 Å². The van der Waals surface area contributed by atoms with Crippen molar-refractivity contribution in [3.63, 3.8) is 0 Å². The molecule has 3 nitrogen and oxygen atoms in total. The summed E-state index contributed by atoms with van der Waals surface area (Å²) in [5.41, 5.74) is 2.43. The highest BCUT2D eigenvalue weighted by molar-refractivity contribution is 5.89. The first kappa shape index (κ1) is 18.0. The molecule has 0 spiro atoms. The van der Waals surface area contributed by atoms with Crippen LogP contribution < -0.4 is 0 Å². The fourth-order valence-electron chi connectivity index (χ4n) is 3.39. The van der Waals surface area contributed by atoms with Crippen molar-refractivity contribution in [3.8, 4) is 0 Å². The van der Waals surface area contributed by atoms with Gasteiger partial charge in [0, 0.05) is 5.57 Å². The number of aliphatic hydroxyl groups is 1. The summed E-state index contributed by atoms with van der Waals surface area (Å²) in [4.78, 5) is 12.5. The average molecular weight is 318 g/mol. The zero-order valence-electron chi connectivity index (χ0n) is 14.7. The standard InChI is InChI=1S/C20H30O3/c1-14(2)16-9-7-15(3)8-12-18(21)20(4)13-5-6-17(11-10-16)19(22)23-20/h6-7,16,18,21H,1,5,8-13H2,2-4H3/t16?,18-,20+/m0/s1. The van der Waals surface area contributed by atoms with Gasteiger partial charge in [0.2, 0.25) is 0 Å². The number of allylic oxidation sites excluding steroid dienone is 4. The van der Waals surface area contributed by atoms with Crippen LogP contribution in [0.3, 0.4) is 0 Å². The summed E-state index contributed by atoms with van der Waals surface area (Å²) in [7, 11) is 0. The molecule has 128 valence electrons. The first-order chi connectivity index (χ1) is 10.8. The number of esters is 1. The Labute approximate surface area is 140 Å². The van der Waals surface area contributed by atoms with E-state index in [1.165, 1.54) is 5.57 Å². The quantitative estimate of drug-likeness (QED) is 0.573. The lowest BCUT2D eigenvalue weighted by molar-refractivity contribution is -0.166. The molecule has 0 saturated heterocycles. The number of aliphatic hydroxyl groups excluding tert-OH is 1. The maximum atomic E-state index is 12.5. The van der Waals surface area contributed by atoms with Gasteiger partial charge in [-0.2, -0.15) is 0 Å². The van der Waals surface area contributed by atoms with Crippen LogP contribution in [0, 0.1) is 5.92 Å². The van der Waals surface area contributed by atoms with Crippen molar-refractivity contribution >= 4 is 5.97 Å². The molecule has 2 rings (SSSR count). The average Bonchev–Trinajstić information content (AvgIpc) is 2.62. The third-order valence-electron chi connectivity index (χ3n) is 5.35. The van der Waals surface area contributed by atoms with Gasteiger partial charge in [0.05, 0.1) is 6.10 Å². The Balaban J connectivity index is 2.27. The van der Waals surface area contributed by atoms with Crippen LogP contribution >= 0.6 is 0 Å². The third kappa shape index (κ3) is 4.57. The van der Waals surface area contributed by atoms with E-state index in [-0.39, 0.29) is 5.97 Å². The van der Waals surface area contributed by atoms with E-state index in [2.05, 4.69) is 26.5 Å². The van der Waals surface area contributed by atoms with Crippen LogP contribution in [0.1, 0.15) is 65.7 Å². The van der Waals surface area contributed by atoms with Crippen LogP contribution in [0.4, 0.5) is 0 Å². The van der Waals surface area contributed by atoms with Crippen molar-refractivity contribution in [1.82, 2.24) is 0 Å². The van der Waals surface area contributed by atoms with Crippen molar-refractivity contribution in [3.05, 3.63) is 35.5 Å². The number of rotatable bonds is 1. The van der Waals surface area contributed by atoms with Gasteiger partial charge in [0.25, 0.3) is 0 Å². The van der Waals surface area contributed by atoms with E-state index in [4.69, 9.17) is 4.74 Å². The van der Waals surface area contributed by atoms with Gasteiger partial charge in [0.15, 0.2) is 0 Å². The molecular weight excluding hydrogens is 288 g/mol. The molecular formula is C20H30O3. The lowest BCUT2D eigenvalue weighted by Gasteiger charge is -2.33. The van der Waals surface area contributed by atoms with E-state index >= 15 is 0 Å². The Morgan fingerprint density at radius 2 is 2.09 bits per heavy atom. The largest absolute Gasteiger partial charge is 0.453 e. The highest BCUT2D eigenvalue weighted by atomic mass is 16.6. The molecule has 2 aliphatic rings. The van der Waals surface area contributed by atoms with Crippen molar-refractivity contribution in [1.29, 1.82) is 0 Å². The normalized spacial score (nSPS) is 33.3. The van der Waals surface area contributed by atoms with E-state index in [0.717, 1.165) is 43.3 Å². The van der Waals surface area contributed by atoms with E-state index in [9.17, 15) is 9.90 Å². The Bertz CT molecular complexity index is 529. The Morgan fingerprint density at radius 1 is 1.35 bits per heavy atom. The Morgan fingerprint density at radius 3 is 2.78 bits per heavy atom. The number of fused-ring (bicyclic) bond motifs is 3. The van der Waals surface area contributed by atoms with E-state index < -0.39 is 11.7 Å². The number of ether oxygens (including phenoxy) is 1. The van der Waals surface area contributed by atoms with E-state index in [1.54, 1.807) is 0 Å². The minimum absolute atomic E-state index is 0.256. The first-order valence-electron chi connectivity index (χ1n) is 8.73. The number of hydrogen-bond donors (Lipinski definition) is 1. The molecule has 0 saturated carbocycles. The number of hydrogen-bond acceptors (Lipinski definition) is 3. The van der Waals surface area contributed by atoms with E-state index in [0.29, 0.717) is 18.8 Å². The van der Waals surface area contributed by atoms with Gasteiger partial charge >= 0.3 is 5.97 Å². The van der Waals surface area contributed by atoms with Gasteiger partial charge in [-0.3, -0.25) is 0 Å². The molecule has 23 heavy (non-hydrogen) atoms. The van der Waals surface area contributed by atoms with Crippen LogP contribution in [0.15, 0.2) is 35.5 Å². The summed E-state index contributed by atoms with van der Waals surface area (Å²) in [5, 5.41) is 10.6. The topological polar surface area (TPSA) is 46.5 Å². The number of carbonyl (C=O) groups is 1. The molecule has 0 fully saturated rings. The molecule has 0 aromatic rings.